The zero-order valence-electron chi connectivity index (χ0n) is 46.1. The number of hydrogen-bond donors (Lipinski definition) is 2. The Morgan fingerprint density at radius 3 is 1.14 bits per heavy atom. The average molecular weight is 1090 g/mol. The van der Waals surface area contributed by atoms with E-state index in [1.165, 1.54) is 28.4 Å². The molecule has 0 unspecified atom stereocenters. The normalized spacial score (nSPS) is 11.0. The van der Waals surface area contributed by atoms with Crippen molar-refractivity contribution < 1.29 is 76.1 Å². The molecule has 24 nitrogen and oxygen atoms in total. The van der Waals surface area contributed by atoms with Gasteiger partial charge in [-0.25, -0.2) is 4.68 Å². The van der Waals surface area contributed by atoms with Crippen molar-refractivity contribution in [3.05, 3.63) is 83.2 Å². The van der Waals surface area contributed by atoms with Crippen LogP contribution in [0.2, 0.25) is 0 Å². The summed E-state index contributed by atoms with van der Waals surface area (Å²) in [5.74, 6) is 1.47. The molecule has 0 radical (unpaired) electrons. The first-order chi connectivity index (χ1) is 37.7. The van der Waals surface area contributed by atoms with Gasteiger partial charge in [0.15, 0.2) is 0 Å². The molecular weight excluding hydrogens is 1020 g/mol. The summed E-state index contributed by atoms with van der Waals surface area (Å²) in [4.78, 5) is 79.7. The van der Waals surface area contributed by atoms with Gasteiger partial charge >= 0.3 is 23.9 Å². The summed E-state index contributed by atoms with van der Waals surface area (Å²) >= 11 is 0. The van der Waals surface area contributed by atoms with E-state index in [-0.39, 0.29) is 103 Å². The predicted octanol–water partition coefficient (Wildman–Crippen LogP) is 3.19. The van der Waals surface area contributed by atoms with Gasteiger partial charge in [0.1, 0.15) is 47.7 Å². The average Bonchev–Trinajstić information content (AvgIpc) is 3.90. The van der Waals surface area contributed by atoms with Crippen LogP contribution in [0.15, 0.2) is 60.8 Å². The van der Waals surface area contributed by atoms with Gasteiger partial charge in [-0.15, -0.1) is 5.10 Å². The Morgan fingerprint density at radius 2 is 0.782 bits per heavy atom. The number of esters is 4. The van der Waals surface area contributed by atoms with Crippen LogP contribution in [0.4, 0.5) is 0 Å². The first kappa shape index (κ1) is 62.8. The van der Waals surface area contributed by atoms with Crippen LogP contribution >= 0.6 is 0 Å². The molecule has 0 atom stereocenters. The number of carbonyl (C=O) groups is 6. The van der Waals surface area contributed by atoms with Crippen molar-refractivity contribution in [2.75, 3.05) is 122 Å². The number of ether oxygens (including phenoxy) is 10. The maximum absolute atomic E-state index is 13.3. The fourth-order valence-electron chi connectivity index (χ4n) is 7.78. The molecule has 0 aliphatic heterocycles. The van der Waals surface area contributed by atoms with Crippen molar-refractivity contribution in [1.29, 1.82) is 0 Å². The third-order valence-electron chi connectivity index (χ3n) is 12.1. The maximum atomic E-state index is 13.3. The monoisotopic (exact) mass is 1090 g/mol. The van der Waals surface area contributed by atoms with E-state index in [0.29, 0.717) is 79.5 Å². The summed E-state index contributed by atoms with van der Waals surface area (Å²) in [7, 11) is 11.5. The Kier molecular flexibility index (Phi) is 28.1. The summed E-state index contributed by atoms with van der Waals surface area (Å²) in [6.07, 6.45) is 2.40. The molecule has 4 aromatic rings. The quantitative estimate of drug-likeness (QED) is 0.0482. The second-order valence-electron chi connectivity index (χ2n) is 17.7. The zero-order valence-corrected chi connectivity index (χ0v) is 46.1. The lowest BCUT2D eigenvalue weighted by molar-refractivity contribution is -0.142. The van der Waals surface area contributed by atoms with E-state index >= 15 is 0 Å². The number of carbonyl (C=O) groups excluding carboxylic acids is 6. The SMILES string of the molecule is COC(=O)CCN(CCNC(=O)CCN(CCC(=O)NCCN(CCC(=O)OC)CCC(=O)OC)Cc1cn(Cc2cc(OCc3cc(OC)cc(OC)c3)cc(OCc3cc(OC)cc(OC)c3)c2)nn1)CCC(=O)OC. The summed E-state index contributed by atoms with van der Waals surface area (Å²) in [5, 5.41) is 14.7. The minimum absolute atomic E-state index is 0.0794. The van der Waals surface area contributed by atoms with Crippen LogP contribution in [0.3, 0.4) is 0 Å². The van der Waals surface area contributed by atoms with Gasteiger partial charge in [0.2, 0.25) is 11.8 Å². The molecule has 0 aliphatic carbocycles. The first-order valence-electron chi connectivity index (χ1n) is 25.4. The van der Waals surface area contributed by atoms with Gasteiger partial charge in [0.25, 0.3) is 0 Å². The van der Waals surface area contributed by atoms with Gasteiger partial charge in [0.05, 0.1) is 101 Å². The first-order valence-corrected chi connectivity index (χ1v) is 25.4. The summed E-state index contributed by atoms with van der Waals surface area (Å²) in [5.41, 5.74) is 3.01. The van der Waals surface area contributed by atoms with Crippen LogP contribution < -0.4 is 39.1 Å². The molecule has 0 saturated heterocycles. The van der Waals surface area contributed by atoms with Gasteiger partial charge in [0, 0.05) is 103 Å². The molecule has 1 heterocycles. The standard InChI is InChI=1S/C54H76N8O16/c1-69-43-27-40(28-44(31-43)70-2)37-77-47-25-39(26-48(33-47)78-38-41-29-45(71-3)32-46(30-41)72-4)34-62-36-42(57-58-62)35-61(17-9-49(63)55-15-23-59(19-11-51(65)73-5)20-12-52(66)74-6)18-10-50(64)56-16-24-60(21-13-53(67)75-7)22-14-54(68)76-8/h25-33,36H,9-24,34-35,37-38H2,1-8H3,(H,55,63)(H,56,64). The lowest BCUT2D eigenvalue weighted by Gasteiger charge is -2.23. The van der Waals surface area contributed by atoms with Crippen molar-refractivity contribution in [1.82, 2.24) is 40.3 Å². The Hall–Kier alpha value is -7.70. The number of aromatic nitrogens is 3. The van der Waals surface area contributed by atoms with Crippen LogP contribution in [-0.2, 0) is 74.0 Å². The number of amides is 2. The van der Waals surface area contributed by atoms with Crippen LogP contribution in [0.5, 0.6) is 34.5 Å². The Balaban J connectivity index is 1.50. The van der Waals surface area contributed by atoms with Gasteiger partial charge in [-0.3, -0.25) is 33.7 Å². The Morgan fingerprint density at radius 1 is 0.436 bits per heavy atom. The lowest BCUT2D eigenvalue weighted by atomic mass is 10.2. The van der Waals surface area contributed by atoms with E-state index < -0.39 is 23.9 Å². The molecule has 3 aromatic carbocycles. The number of methoxy groups -OCH3 is 8. The maximum Gasteiger partial charge on any atom is 0.306 e. The van der Waals surface area contributed by atoms with Gasteiger partial charge in [-0.1, -0.05) is 5.21 Å². The van der Waals surface area contributed by atoms with E-state index in [9.17, 15) is 28.8 Å². The van der Waals surface area contributed by atoms with E-state index in [1.54, 1.807) is 57.5 Å². The van der Waals surface area contributed by atoms with Gasteiger partial charge in [-0.05, 0) is 53.1 Å². The number of nitrogens with one attached hydrogen (secondary N) is 2. The molecule has 0 aliphatic rings. The minimum Gasteiger partial charge on any atom is -0.497 e. The summed E-state index contributed by atoms with van der Waals surface area (Å²) in [6.45, 7) is 3.96. The van der Waals surface area contributed by atoms with Crippen molar-refractivity contribution in [3.63, 3.8) is 0 Å². The van der Waals surface area contributed by atoms with E-state index in [0.717, 1.165) is 16.7 Å². The molecule has 428 valence electrons. The molecule has 2 amide bonds. The van der Waals surface area contributed by atoms with Crippen molar-refractivity contribution in [3.8, 4) is 34.5 Å². The van der Waals surface area contributed by atoms with Crippen LogP contribution in [0.1, 0.15) is 60.9 Å². The fraction of sp³-hybridized carbons (Fsp3) is 0.519. The van der Waals surface area contributed by atoms with Gasteiger partial charge < -0.3 is 67.8 Å². The Labute approximate surface area is 455 Å². The van der Waals surface area contributed by atoms with Crippen molar-refractivity contribution >= 4 is 35.7 Å². The fourth-order valence-corrected chi connectivity index (χ4v) is 7.78. The zero-order chi connectivity index (χ0) is 56.7. The molecule has 0 fully saturated rings. The minimum atomic E-state index is -0.395. The highest BCUT2D eigenvalue weighted by Gasteiger charge is 2.18. The Bertz CT molecular complexity index is 2300. The lowest BCUT2D eigenvalue weighted by Crippen LogP contribution is -2.39. The molecular formula is C54H76N8O16. The van der Waals surface area contributed by atoms with Crippen molar-refractivity contribution in [2.24, 2.45) is 0 Å². The predicted molar refractivity (Wildman–Crippen MR) is 283 cm³/mol. The molecule has 78 heavy (non-hydrogen) atoms. The van der Waals surface area contributed by atoms with E-state index in [1.807, 2.05) is 51.1 Å². The van der Waals surface area contributed by atoms with Crippen LogP contribution in [0, 0.1) is 0 Å². The van der Waals surface area contributed by atoms with Gasteiger partial charge in [-0.2, -0.15) is 0 Å². The number of hydrogen-bond acceptors (Lipinski definition) is 21. The molecule has 24 heteroatoms. The van der Waals surface area contributed by atoms with Crippen LogP contribution in [-0.4, -0.2) is 188 Å². The number of rotatable bonds is 38. The second-order valence-corrected chi connectivity index (χ2v) is 17.7. The van der Waals surface area contributed by atoms with Crippen LogP contribution in [0.25, 0.3) is 0 Å². The smallest absolute Gasteiger partial charge is 0.306 e. The number of nitrogens with zero attached hydrogens (tertiary/aromatic N) is 6. The molecule has 0 spiro atoms. The highest BCUT2D eigenvalue weighted by Crippen LogP contribution is 2.29. The third-order valence-corrected chi connectivity index (χ3v) is 12.1. The number of benzene rings is 3. The summed E-state index contributed by atoms with van der Waals surface area (Å²) in [6, 6.07) is 16.6. The van der Waals surface area contributed by atoms with Crippen molar-refractivity contribution in [2.45, 2.75) is 64.8 Å². The molecule has 4 rings (SSSR count). The largest absolute Gasteiger partial charge is 0.497 e. The highest BCUT2D eigenvalue weighted by molar-refractivity contribution is 5.77. The topological polar surface area (TPSA) is 259 Å². The molecule has 0 bridgehead atoms. The summed E-state index contributed by atoms with van der Waals surface area (Å²) < 4.78 is 55.3. The molecule has 2 N–H and O–H groups in total. The highest BCUT2D eigenvalue weighted by atomic mass is 16.5. The van der Waals surface area contributed by atoms with E-state index in [4.69, 9.17) is 47.4 Å². The second kappa shape index (κ2) is 34.9. The molecule has 1 aromatic heterocycles. The molecule has 0 saturated carbocycles. The van der Waals surface area contributed by atoms with E-state index in [2.05, 4.69) is 20.9 Å². The third kappa shape index (κ3) is 24.1.